The molecule has 2 aromatic carbocycles. The summed E-state index contributed by atoms with van der Waals surface area (Å²) in [7, 11) is -3.56. The first kappa shape index (κ1) is 22.4. The second kappa shape index (κ2) is 8.10. The summed E-state index contributed by atoms with van der Waals surface area (Å²) in [5, 5.41) is 7.46. The second-order valence-electron chi connectivity index (χ2n) is 10.9. The molecule has 2 unspecified atom stereocenters. The highest BCUT2D eigenvalue weighted by atomic mass is 32.2. The van der Waals surface area contributed by atoms with Gasteiger partial charge in [-0.05, 0) is 71.3 Å². The van der Waals surface area contributed by atoms with E-state index in [1.165, 1.54) is 16.8 Å². The first-order chi connectivity index (χ1) is 15.7. The van der Waals surface area contributed by atoms with Crippen molar-refractivity contribution in [2.24, 2.45) is 11.3 Å². The minimum atomic E-state index is -3.56. The van der Waals surface area contributed by atoms with Crippen LogP contribution in [0.25, 0.3) is 0 Å². The van der Waals surface area contributed by atoms with Crippen molar-refractivity contribution in [3.05, 3.63) is 83.2 Å². The molecule has 1 fully saturated rings. The Morgan fingerprint density at radius 1 is 1.09 bits per heavy atom. The van der Waals surface area contributed by atoms with Crippen LogP contribution in [-0.2, 0) is 34.7 Å². The molecular weight excluding hydrogens is 430 g/mol. The summed E-state index contributed by atoms with van der Waals surface area (Å²) in [4.78, 5) is 0.392. The molecule has 5 rings (SSSR count). The fourth-order valence-corrected chi connectivity index (χ4v) is 7.27. The quantitative estimate of drug-likeness (QED) is 0.607. The number of hydrogen-bond acceptors (Lipinski definition) is 3. The predicted molar refractivity (Wildman–Crippen MR) is 131 cm³/mol. The van der Waals surface area contributed by atoms with Crippen molar-refractivity contribution in [2.75, 3.05) is 13.1 Å². The van der Waals surface area contributed by atoms with Crippen LogP contribution in [0.15, 0.2) is 65.7 Å². The minimum Gasteiger partial charge on any atom is -0.282 e. The highest BCUT2D eigenvalue weighted by molar-refractivity contribution is 7.89. The van der Waals surface area contributed by atoms with Crippen LogP contribution in [0.5, 0.6) is 0 Å². The lowest BCUT2D eigenvalue weighted by Crippen LogP contribution is -2.54. The molecule has 33 heavy (non-hydrogen) atoms. The summed E-state index contributed by atoms with van der Waals surface area (Å²) in [6.07, 6.45) is 5.46. The topological polar surface area (TPSA) is 66.1 Å². The Balaban J connectivity index is 1.48. The molecule has 3 aromatic rings. The smallest absolute Gasteiger partial charge is 0.243 e. The van der Waals surface area contributed by atoms with Crippen LogP contribution in [0.3, 0.4) is 0 Å². The molecule has 1 saturated heterocycles. The summed E-state index contributed by atoms with van der Waals surface area (Å²) in [6.45, 7) is 7.53. The lowest BCUT2D eigenvalue weighted by Gasteiger charge is -2.50. The molecule has 2 heterocycles. The maximum Gasteiger partial charge on any atom is 0.243 e. The molecule has 1 aromatic heterocycles. The van der Waals surface area contributed by atoms with E-state index in [1.54, 1.807) is 16.4 Å². The zero-order valence-electron chi connectivity index (χ0n) is 19.7. The molecule has 5 nitrogen and oxygen atoms in total. The van der Waals surface area contributed by atoms with Gasteiger partial charge in [0.05, 0.1) is 11.1 Å². The predicted octanol–water partition coefficient (Wildman–Crippen LogP) is 4.75. The van der Waals surface area contributed by atoms with Crippen LogP contribution < -0.4 is 0 Å². The number of hydrogen-bond donors (Lipinski definition) is 1. The fraction of sp³-hybridized carbons (Fsp3) is 0.444. The molecule has 0 spiro atoms. The zero-order valence-corrected chi connectivity index (χ0v) is 20.5. The van der Waals surface area contributed by atoms with Gasteiger partial charge in [-0.1, -0.05) is 63.2 Å². The maximum atomic E-state index is 13.7. The van der Waals surface area contributed by atoms with Crippen molar-refractivity contribution in [1.29, 1.82) is 0 Å². The van der Waals surface area contributed by atoms with E-state index in [0.717, 1.165) is 31.2 Å². The molecule has 0 saturated carbocycles. The van der Waals surface area contributed by atoms with Gasteiger partial charge >= 0.3 is 0 Å². The first-order valence-corrected chi connectivity index (χ1v) is 13.3. The van der Waals surface area contributed by atoms with E-state index in [1.807, 2.05) is 24.4 Å². The molecule has 0 radical (unpaired) electrons. The Kier molecular flexibility index (Phi) is 5.49. The summed E-state index contributed by atoms with van der Waals surface area (Å²) in [6, 6.07) is 18.0. The first-order valence-electron chi connectivity index (χ1n) is 11.8. The van der Waals surface area contributed by atoms with Gasteiger partial charge in [0.25, 0.3) is 0 Å². The number of H-pyrrole nitrogens is 1. The van der Waals surface area contributed by atoms with Gasteiger partial charge in [0.15, 0.2) is 0 Å². The van der Waals surface area contributed by atoms with Crippen molar-refractivity contribution in [1.82, 2.24) is 14.5 Å². The van der Waals surface area contributed by atoms with E-state index in [2.05, 4.69) is 55.2 Å². The van der Waals surface area contributed by atoms with Gasteiger partial charge in [0.1, 0.15) is 0 Å². The molecule has 1 aliphatic heterocycles. The summed E-state index contributed by atoms with van der Waals surface area (Å²) < 4.78 is 29.2. The second-order valence-corrected chi connectivity index (χ2v) is 12.8. The highest BCUT2D eigenvalue weighted by Crippen LogP contribution is 2.47. The number of piperidine rings is 1. The van der Waals surface area contributed by atoms with E-state index >= 15 is 0 Å². The molecule has 6 heteroatoms. The number of aromatic amines is 1. The van der Waals surface area contributed by atoms with Crippen LogP contribution in [0, 0.1) is 11.3 Å². The number of nitrogens with one attached hydrogen (secondary N) is 1. The van der Waals surface area contributed by atoms with Gasteiger partial charge in [-0.15, -0.1) is 0 Å². The molecule has 0 amide bonds. The van der Waals surface area contributed by atoms with Crippen LogP contribution >= 0.6 is 0 Å². The number of rotatable bonds is 4. The summed E-state index contributed by atoms with van der Waals surface area (Å²) in [5.74, 6) is 0.431. The Hall–Kier alpha value is -2.44. The van der Waals surface area contributed by atoms with Gasteiger partial charge in [0, 0.05) is 18.8 Å². The Bertz CT molecular complexity index is 1230. The van der Waals surface area contributed by atoms with E-state index in [-0.39, 0.29) is 10.8 Å². The van der Waals surface area contributed by atoms with Crippen molar-refractivity contribution in [3.63, 3.8) is 0 Å². The van der Waals surface area contributed by atoms with Crippen molar-refractivity contribution in [3.8, 4) is 0 Å². The standard InChI is InChI=1S/C27H33N3O2S/c1-26(2,3)22-9-11-24(12-10-22)33(31,32)30-14-13-23-15-25-21(18-28-29-25)17-27(23,19-30)16-20-7-5-4-6-8-20/h4-12,18,23H,13-17,19H2,1-3H3,(H,28,29). The Morgan fingerprint density at radius 2 is 1.82 bits per heavy atom. The molecular formula is C27H33N3O2S. The van der Waals surface area contributed by atoms with E-state index in [4.69, 9.17) is 0 Å². The van der Waals surface area contributed by atoms with Crippen LogP contribution in [0.4, 0.5) is 0 Å². The van der Waals surface area contributed by atoms with E-state index in [9.17, 15) is 8.42 Å². The average molecular weight is 464 g/mol. The third-order valence-electron chi connectivity index (χ3n) is 7.64. The monoisotopic (exact) mass is 463 g/mol. The van der Waals surface area contributed by atoms with Crippen LogP contribution in [-0.4, -0.2) is 36.0 Å². The van der Waals surface area contributed by atoms with Crippen molar-refractivity contribution < 1.29 is 8.42 Å². The van der Waals surface area contributed by atoms with Crippen molar-refractivity contribution in [2.45, 2.75) is 56.8 Å². The molecule has 1 aliphatic carbocycles. The number of fused-ring (bicyclic) bond motifs is 2. The number of aromatic nitrogens is 2. The number of nitrogens with zero attached hydrogens (tertiary/aromatic N) is 2. The van der Waals surface area contributed by atoms with Gasteiger partial charge < -0.3 is 0 Å². The van der Waals surface area contributed by atoms with Gasteiger partial charge in [-0.3, -0.25) is 5.10 Å². The Labute approximate surface area is 197 Å². The minimum absolute atomic E-state index is 0.00915. The Morgan fingerprint density at radius 3 is 2.52 bits per heavy atom. The number of sulfonamides is 1. The van der Waals surface area contributed by atoms with E-state index in [0.29, 0.717) is 23.9 Å². The normalized spacial score (nSPS) is 23.7. The van der Waals surface area contributed by atoms with Gasteiger partial charge in [0.2, 0.25) is 10.0 Å². The summed E-state index contributed by atoms with van der Waals surface area (Å²) in [5.41, 5.74) is 4.72. The molecule has 2 aliphatic rings. The number of benzene rings is 2. The fourth-order valence-electron chi connectivity index (χ4n) is 5.72. The largest absolute Gasteiger partial charge is 0.282 e. The van der Waals surface area contributed by atoms with Crippen LogP contribution in [0.1, 0.15) is 49.6 Å². The van der Waals surface area contributed by atoms with Gasteiger partial charge in [-0.25, -0.2) is 8.42 Å². The highest BCUT2D eigenvalue weighted by Gasteiger charge is 2.49. The molecule has 174 valence electrons. The SMILES string of the molecule is CC(C)(C)c1ccc(S(=O)(=O)N2CCC3Cc4[nH]ncc4CC3(Cc3ccccc3)C2)cc1. The molecule has 0 bridgehead atoms. The molecule has 2 atom stereocenters. The maximum absolute atomic E-state index is 13.7. The zero-order chi connectivity index (χ0) is 23.3. The average Bonchev–Trinajstić information content (AvgIpc) is 3.23. The van der Waals surface area contributed by atoms with Crippen LogP contribution in [0.2, 0.25) is 0 Å². The van der Waals surface area contributed by atoms with Crippen molar-refractivity contribution >= 4 is 10.0 Å². The van der Waals surface area contributed by atoms with Gasteiger partial charge in [-0.2, -0.15) is 9.40 Å². The third-order valence-corrected chi connectivity index (χ3v) is 9.50. The van der Waals surface area contributed by atoms with E-state index < -0.39 is 10.0 Å². The molecule has 1 N–H and O–H groups in total. The lowest BCUT2D eigenvalue weighted by molar-refractivity contribution is 0.0563. The third kappa shape index (κ3) is 4.15. The summed E-state index contributed by atoms with van der Waals surface area (Å²) >= 11 is 0. The lowest BCUT2D eigenvalue weighted by atomic mass is 9.60.